The second-order valence-corrected chi connectivity index (χ2v) is 5.17. The zero-order valence-electron chi connectivity index (χ0n) is 12.6. The van der Waals surface area contributed by atoms with Gasteiger partial charge in [0.15, 0.2) is 0 Å². The summed E-state index contributed by atoms with van der Waals surface area (Å²) < 4.78 is 0. The van der Waals surface area contributed by atoms with E-state index in [4.69, 9.17) is 26.8 Å². The van der Waals surface area contributed by atoms with Crippen molar-refractivity contribution in [3.63, 3.8) is 0 Å². The molecule has 0 saturated heterocycles. The molecule has 1 saturated carbocycles. The molecule has 0 radical (unpaired) electrons. The Morgan fingerprint density at radius 2 is 1.29 bits per heavy atom. The van der Waals surface area contributed by atoms with Gasteiger partial charge in [-0.05, 0) is 18.2 Å². The fraction of sp³-hybridized carbons (Fsp3) is 0.400. The molecular formula is C15H18N2O6Pt-2. The van der Waals surface area contributed by atoms with Gasteiger partial charge in [-0.25, -0.2) is 14.4 Å². The first-order chi connectivity index (χ1) is 10.7. The van der Waals surface area contributed by atoms with Crippen LogP contribution in [0, 0.1) is 0 Å². The van der Waals surface area contributed by atoms with E-state index in [9.17, 15) is 14.4 Å². The van der Waals surface area contributed by atoms with Gasteiger partial charge in [-0.3, -0.25) is 0 Å². The quantitative estimate of drug-likeness (QED) is 0.558. The molecule has 1 aromatic rings. The Balaban J connectivity index is 0.000000498. The molecule has 1 fully saturated rings. The number of hydrogen-bond acceptors (Lipinski definition) is 3. The van der Waals surface area contributed by atoms with E-state index in [0.29, 0.717) is 0 Å². The summed E-state index contributed by atoms with van der Waals surface area (Å²) in [5.41, 5.74) is 13.3. The number of benzene rings is 1. The normalized spacial score (nSPS) is 19.2. The molecule has 0 heterocycles. The third-order valence-electron chi connectivity index (χ3n) is 3.49. The number of carboxylic acids is 3. The summed E-state index contributed by atoms with van der Waals surface area (Å²) >= 11 is 0. The molecule has 0 aliphatic heterocycles. The first kappa shape index (κ1) is 22.2. The molecule has 0 bridgehead atoms. The number of hydrogen-bond donors (Lipinski definition) is 3. The molecule has 1 aliphatic rings. The van der Waals surface area contributed by atoms with E-state index in [1.54, 1.807) is 0 Å². The van der Waals surface area contributed by atoms with Gasteiger partial charge < -0.3 is 26.8 Å². The Morgan fingerprint density at radius 3 is 1.62 bits per heavy atom. The van der Waals surface area contributed by atoms with Gasteiger partial charge in [0.2, 0.25) is 0 Å². The summed E-state index contributed by atoms with van der Waals surface area (Å²) in [5, 5.41) is 25.9. The van der Waals surface area contributed by atoms with Crippen molar-refractivity contribution >= 4 is 17.9 Å². The van der Waals surface area contributed by atoms with Crippen molar-refractivity contribution < 1.29 is 50.8 Å². The Hall–Kier alpha value is -1.76. The molecular weight excluding hydrogens is 499 g/mol. The van der Waals surface area contributed by atoms with Crippen LogP contribution in [0.15, 0.2) is 18.2 Å². The third kappa shape index (κ3) is 6.39. The van der Waals surface area contributed by atoms with Crippen molar-refractivity contribution in [1.82, 2.24) is 0 Å². The van der Waals surface area contributed by atoms with Gasteiger partial charge >= 0.3 is 17.9 Å². The minimum Gasteiger partial charge on any atom is -0.676 e. The first-order valence-corrected chi connectivity index (χ1v) is 7.00. The Morgan fingerprint density at radius 1 is 0.833 bits per heavy atom. The van der Waals surface area contributed by atoms with E-state index >= 15 is 0 Å². The number of carboxylic acid groups (broad SMARTS) is 3. The largest absolute Gasteiger partial charge is 0.676 e. The van der Waals surface area contributed by atoms with E-state index in [1.807, 2.05) is 0 Å². The summed E-state index contributed by atoms with van der Waals surface area (Å²) in [6.45, 7) is 0. The van der Waals surface area contributed by atoms with Gasteiger partial charge in [0.1, 0.15) is 0 Å². The van der Waals surface area contributed by atoms with Crippen LogP contribution in [0.1, 0.15) is 56.8 Å². The van der Waals surface area contributed by atoms with Crippen LogP contribution in [0.3, 0.4) is 0 Å². The van der Waals surface area contributed by atoms with Crippen molar-refractivity contribution in [1.29, 1.82) is 0 Å². The molecule has 0 aromatic heterocycles. The summed E-state index contributed by atoms with van der Waals surface area (Å²) in [6.07, 6.45) is 4.25. The average molecular weight is 517 g/mol. The van der Waals surface area contributed by atoms with Gasteiger partial charge in [-0.15, -0.1) is 0 Å². The van der Waals surface area contributed by atoms with Gasteiger partial charge in [0.25, 0.3) is 0 Å². The number of carbonyl (C=O) groups is 3. The zero-order valence-corrected chi connectivity index (χ0v) is 14.9. The fourth-order valence-electron chi connectivity index (χ4n) is 2.17. The van der Waals surface area contributed by atoms with Crippen molar-refractivity contribution in [3.8, 4) is 0 Å². The molecule has 0 spiro atoms. The maximum Gasteiger partial charge on any atom is 0.336 e. The van der Waals surface area contributed by atoms with Crippen LogP contribution in [0.2, 0.25) is 0 Å². The molecule has 24 heavy (non-hydrogen) atoms. The van der Waals surface area contributed by atoms with Crippen LogP contribution in [0.25, 0.3) is 11.5 Å². The van der Waals surface area contributed by atoms with E-state index in [1.165, 1.54) is 12.8 Å². The standard InChI is InChI=1S/C9H6O6.C6H12N2.Pt/c10-7(11)4-1-2-5(8(12)13)6(3-4)9(14)15;7-5-3-1-2-4-6(5)8;/h1-3H,(H,10,11)(H,12,13)(H,14,15);5-8H,1-4H2;/q;-2;. The minimum absolute atomic E-state index is 0. The molecule has 1 aromatic carbocycles. The molecule has 2 atom stereocenters. The average Bonchev–Trinajstić information content (AvgIpc) is 2.50. The zero-order chi connectivity index (χ0) is 17.6. The van der Waals surface area contributed by atoms with Crippen LogP contribution in [-0.4, -0.2) is 45.3 Å². The maximum atomic E-state index is 10.6. The molecule has 5 N–H and O–H groups in total. The second-order valence-electron chi connectivity index (χ2n) is 5.17. The monoisotopic (exact) mass is 517 g/mol. The first-order valence-electron chi connectivity index (χ1n) is 7.00. The number of aromatic carboxylic acids is 3. The summed E-state index contributed by atoms with van der Waals surface area (Å²) in [7, 11) is 0. The number of nitrogens with one attached hydrogen (secondary N) is 2. The Bertz CT molecular complexity index is 598. The van der Waals surface area contributed by atoms with Crippen molar-refractivity contribution in [2.24, 2.45) is 0 Å². The van der Waals surface area contributed by atoms with Crippen molar-refractivity contribution in [3.05, 3.63) is 46.4 Å². The Labute approximate surface area is 153 Å². The predicted molar refractivity (Wildman–Crippen MR) is 82.0 cm³/mol. The SMILES string of the molecule is O=C(O)c1ccc(C(=O)O)c(C(=O)O)c1.[NH-]C1CCCCC1[NH-].[Pt]. The van der Waals surface area contributed by atoms with Gasteiger partial charge in [-0.2, -0.15) is 12.1 Å². The van der Waals surface area contributed by atoms with Crippen LogP contribution < -0.4 is 0 Å². The van der Waals surface area contributed by atoms with Crippen LogP contribution >= 0.6 is 0 Å². The molecule has 0 amide bonds. The number of rotatable bonds is 3. The molecule has 8 nitrogen and oxygen atoms in total. The van der Waals surface area contributed by atoms with E-state index in [0.717, 1.165) is 31.0 Å². The topological polar surface area (TPSA) is 160 Å². The van der Waals surface area contributed by atoms with Gasteiger partial charge in [-0.1, -0.05) is 25.7 Å². The van der Waals surface area contributed by atoms with E-state index in [2.05, 4.69) is 0 Å². The van der Waals surface area contributed by atoms with E-state index < -0.39 is 29.0 Å². The summed E-state index contributed by atoms with van der Waals surface area (Å²) in [6, 6.07) is 2.65. The van der Waals surface area contributed by atoms with Crippen LogP contribution in [0.4, 0.5) is 0 Å². The van der Waals surface area contributed by atoms with Crippen molar-refractivity contribution in [2.45, 2.75) is 37.8 Å². The molecule has 9 heteroatoms. The van der Waals surface area contributed by atoms with Crippen LogP contribution in [0.5, 0.6) is 0 Å². The predicted octanol–water partition coefficient (Wildman–Crippen LogP) is 3.18. The molecule has 1 aliphatic carbocycles. The molecule has 136 valence electrons. The minimum atomic E-state index is -1.48. The summed E-state index contributed by atoms with van der Waals surface area (Å²) in [4.78, 5) is 31.8. The second kappa shape index (κ2) is 10.2. The fourth-order valence-corrected chi connectivity index (χ4v) is 2.17. The van der Waals surface area contributed by atoms with Crippen molar-refractivity contribution in [2.75, 3.05) is 0 Å². The smallest absolute Gasteiger partial charge is 0.336 e. The third-order valence-corrected chi connectivity index (χ3v) is 3.49. The van der Waals surface area contributed by atoms with E-state index in [-0.39, 0.29) is 38.7 Å². The van der Waals surface area contributed by atoms with Gasteiger partial charge in [0, 0.05) is 21.1 Å². The van der Waals surface area contributed by atoms with Gasteiger partial charge in [0.05, 0.1) is 16.7 Å². The van der Waals surface area contributed by atoms with Crippen LogP contribution in [-0.2, 0) is 21.1 Å². The molecule has 2 unspecified atom stereocenters. The maximum absolute atomic E-state index is 10.6. The summed E-state index contributed by atoms with van der Waals surface area (Å²) in [5.74, 6) is -4.20. The molecule has 2 rings (SSSR count). The Kier molecular flexibility index (Phi) is 9.43.